The van der Waals surface area contributed by atoms with Crippen molar-refractivity contribution in [2.24, 2.45) is 7.05 Å². The maximum Gasteiger partial charge on any atom is 0.191 e. The van der Waals surface area contributed by atoms with Crippen LogP contribution in [-0.2, 0) is 12.8 Å². The molecule has 0 spiro atoms. The first-order valence-corrected chi connectivity index (χ1v) is 9.28. The fourth-order valence-corrected chi connectivity index (χ4v) is 4.25. The van der Waals surface area contributed by atoms with Gasteiger partial charge in [0.25, 0.3) is 0 Å². The molecule has 0 aliphatic heterocycles. The maximum atomic E-state index is 4.45. The zero-order chi connectivity index (χ0) is 14.7. The van der Waals surface area contributed by atoms with Gasteiger partial charge in [-0.15, -0.1) is 10.2 Å². The lowest BCUT2D eigenvalue weighted by molar-refractivity contribution is 0.418. The fraction of sp³-hybridized carbons (Fsp3) is 0.500. The van der Waals surface area contributed by atoms with Crippen LogP contribution in [0, 0.1) is 0 Å². The van der Waals surface area contributed by atoms with Crippen molar-refractivity contribution in [1.82, 2.24) is 14.8 Å². The van der Waals surface area contributed by atoms with E-state index in [1.807, 2.05) is 0 Å². The largest absolute Gasteiger partial charge is 0.309 e. The van der Waals surface area contributed by atoms with Crippen LogP contribution in [0.25, 0.3) is 0 Å². The SMILES string of the molecule is Cn1c(SCc2cccc(Br)c2)nnc1C1CCCCC1. The molecule has 3 nitrogen and oxygen atoms in total. The van der Waals surface area contributed by atoms with Crippen molar-refractivity contribution in [2.75, 3.05) is 0 Å². The molecule has 0 unspecified atom stereocenters. The van der Waals surface area contributed by atoms with E-state index in [4.69, 9.17) is 0 Å². The van der Waals surface area contributed by atoms with Crippen molar-refractivity contribution >= 4 is 27.7 Å². The van der Waals surface area contributed by atoms with Gasteiger partial charge < -0.3 is 4.57 Å². The predicted octanol–water partition coefficient (Wildman–Crippen LogP) is 4.92. The molecule has 1 aliphatic rings. The third kappa shape index (κ3) is 3.69. The Hall–Kier alpha value is -0.810. The molecule has 1 saturated carbocycles. The lowest BCUT2D eigenvalue weighted by Crippen LogP contribution is -2.10. The molecule has 1 aliphatic carbocycles. The van der Waals surface area contributed by atoms with Gasteiger partial charge in [0.15, 0.2) is 5.16 Å². The summed E-state index contributed by atoms with van der Waals surface area (Å²) in [6.45, 7) is 0. The number of halogens is 1. The van der Waals surface area contributed by atoms with Crippen LogP contribution in [0.4, 0.5) is 0 Å². The van der Waals surface area contributed by atoms with E-state index in [1.54, 1.807) is 11.8 Å². The normalized spacial score (nSPS) is 16.3. The van der Waals surface area contributed by atoms with E-state index >= 15 is 0 Å². The Labute approximate surface area is 138 Å². The molecule has 3 rings (SSSR count). The van der Waals surface area contributed by atoms with Gasteiger partial charge in [0.1, 0.15) is 5.82 Å². The number of benzene rings is 1. The molecule has 1 heterocycles. The third-order valence-corrected chi connectivity index (χ3v) is 5.68. The van der Waals surface area contributed by atoms with Gasteiger partial charge >= 0.3 is 0 Å². The van der Waals surface area contributed by atoms with Crippen LogP contribution in [0.5, 0.6) is 0 Å². The van der Waals surface area contributed by atoms with Crippen LogP contribution >= 0.6 is 27.7 Å². The smallest absolute Gasteiger partial charge is 0.191 e. The van der Waals surface area contributed by atoms with Crippen LogP contribution in [-0.4, -0.2) is 14.8 Å². The summed E-state index contributed by atoms with van der Waals surface area (Å²) in [5.74, 6) is 2.71. The second-order valence-corrected chi connectivity index (χ2v) is 7.51. The molecule has 112 valence electrons. The van der Waals surface area contributed by atoms with E-state index < -0.39 is 0 Å². The zero-order valence-electron chi connectivity index (χ0n) is 12.3. The third-order valence-electron chi connectivity index (χ3n) is 4.10. The highest BCUT2D eigenvalue weighted by Gasteiger charge is 2.21. The lowest BCUT2D eigenvalue weighted by atomic mass is 9.89. The Morgan fingerprint density at radius 3 is 2.81 bits per heavy atom. The lowest BCUT2D eigenvalue weighted by Gasteiger charge is -2.20. The highest BCUT2D eigenvalue weighted by atomic mass is 79.9. The Balaban J connectivity index is 1.67. The summed E-state index contributed by atoms with van der Waals surface area (Å²) in [5.41, 5.74) is 1.30. The van der Waals surface area contributed by atoms with Crippen molar-refractivity contribution in [3.05, 3.63) is 40.1 Å². The van der Waals surface area contributed by atoms with Gasteiger partial charge in [-0.1, -0.05) is 59.1 Å². The molecule has 1 aromatic carbocycles. The highest BCUT2D eigenvalue weighted by Crippen LogP contribution is 2.33. The Kier molecular flexibility index (Phi) is 5.01. The van der Waals surface area contributed by atoms with Crippen molar-refractivity contribution < 1.29 is 0 Å². The average molecular weight is 366 g/mol. The monoisotopic (exact) mass is 365 g/mol. The average Bonchev–Trinajstić information content (AvgIpc) is 2.87. The zero-order valence-corrected chi connectivity index (χ0v) is 14.7. The van der Waals surface area contributed by atoms with Crippen LogP contribution in [0.2, 0.25) is 0 Å². The van der Waals surface area contributed by atoms with E-state index in [0.717, 1.165) is 15.4 Å². The minimum Gasteiger partial charge on any atom is -0.309 e. The summed E-state index contributed by atoms with van der Waals surface area (Å²) in [7, 11) is 2.10. The summed E-state index contributed by atoms with van der Waals surface area (Å²) in [6, 6.07) is 8.43. The minimum absolute atomic E-state index is 0.608. The molecular formula is C16H20BrN3S. The summed E-state index contributed by atoms with van der Waals surface area (Å²) in [6.07, 6.45) is 6.57. The first-order valence-electron chi connectivity index (χ1n) is 7.50. The van der Waals surface area contributed by atoms with Gasteiger partial charge in [-0.25, -0.2) is 0 Å². The van der Waals surface area contributed by atoms with E-state index in [-0.39, 0.29) is 0 Å². The Morgan fingerprint density at radius 1 is 1.24 bits per heavy atom. The van der Waals surface area contributed by atoms with E-state index in [0.29, 0.717) is 5.92 Å². The van der Waals surface area contributed by atoms with Gasteiger partial charge in [-0.2, -0.15) is 0 Å². The number of hydrogen-bond donors (Lipinski definition) is 0. The topological polar surface area (TPSA) is 30.7 Å². The predicted molar refractivity (Wildman–Crippen MR) is 90.5 cm³/mol. The summed E-state index contributed by atoms with van der Waals surface area (Å²) >= 11 is 5.28. The van der Waals surface area contributed by atoms with Crippen molar-refractivity contribution in [1.29, 1.82) is 0 Å². The number of nitrogens with zero attached hydrogens (tertiary/aromatic N) is 3. The van der Waals surface area contributed by atoms with Gasteiger partial charge in [0.05, 0.1) is 0 Å². The van der Waals surface area contributed by atoms with E-state index in [2.05, 4.69) is 62.0 Å². The molecule has 0 atom stereocenters. The number of aromatic nitrogens is 3. The van der Waals surface area contributed by atoms with Crippen molar-refractivity contribution in [3.63, 3.8) is 0 Å². The van der Waals surface area contributed by atoms with Gasteiger partial charge in [0, 0.05) is 23.2 Å². The summed E-state index contributed by atoms with van der Waals surface area (Å²) in [4.78, 5) is 0. The minimum atomic E-state index is 0.608. The van der Waals surface area contributed by atoms with E-state index in [1.165, 1.54) is 43.5 Å². The van der Waals surface area contributed by atoms with Crippen LogP contribution in [0.1, 0.15) is 49.4 Å². The van der Waals surface area contributed by atoms with Gasteiger partial charge in [-0.05, 0) is 30.5 Å². The highest BCUT2D eigenvalue weighted by molar-refractivity contribution is 9.10. The number of rotatable bonds is 4. The Morgan fingerprint density at radius 2 is 2.05 bits per heavy atom. The maximum absolute atomic E-state index is 4.45. The summed E-state index contributed by atoms with van der Waals surface area (Å²) in [5, 5.41) is 9.87. The van der Waals surface area contributed by atoms with Gasteiger partial charge in [-0.3, -0.25) is 0 Å². The van der Waals surface area contributed by atoms with Crippen LogP contribution < -0.4 is 0 Å². The molecule has 1 aromatic heterocycles. The second kappa shape index (κ2) is 6.97. The van der Waals surface area contributed by atoms with Crippen molar-refractivity contribution in [2.45, 2.75) is 48.9 Å². The Bertz CT molecular complexity index is 605. The fourth-order valence-electron chi connectivity index (χ4n) is 2.94. The standard InChI is InChI=1S/C16H20BrN3S/c1-20-15(13-7-3-2-4-8-13)18-19-16(20)21-11-12-6-5-9-14(17)10-12/h5-6,9-10,13H,2-4,7-8,11H2,1H3. The van der Waals surface area contributed by atoms with Gasteiger partial charge in [0.2, 0.25) is 0 Å². The first-order chi connectivity index (χ1) is 10.2. The molecule has 5 heteroatoms. The molecule has 0 N–H and O–H groups in total. The van der Waals surface area contributed by atoms with Crippen LogP contribution in [0.15, 0.2) is 33.9 Å². The molecule has 0 radical (unpaired) electrons. The molecule has 0 saturated heterocycles. The van der Waals surface area contributed by atoms with Crippen molar-refractivity contribution in [3.8, 4) is 0 Å². The molecule has 0 bridgehead atoms. The first kappa shape index (κ1) is 15.1. The molecule has 1 fully saturated rings. The number of thioether (sulfide) groups is 1. The van der Waals surface area contributed by atoms with E-state index in [9.17, 15) is 0 Å². The van der Waals surface area contributed by atoms with Crippen LogP contribution in [0.3, 0.4) is 0 Å². The number of hydrogen-bond acceptors (Lipinski definition) is 3. The molecule has 2 aromatic rings. The molecular weight excluding hydrogens is 346 g/mol. The quantitative estimate of drug-likeness (QED) is 0.720. The summed E-state index contributed by atoms with van der Waals surface area (Å²) < 4.78 is 3.32. The second-order valence-electron chi connectivity index (χ2n) is 5.65. The molecule has 21 heavy (non-hydrogen) atoms. The molecule has 0 amide bonds.